The molecule has 1 aliphatic carbocycles. The average Bonchev–Trinajstić information content (AvgIpc) is 2.29. The molecule has 0 saturated heterocycles. The second-order valence-electron chi connectivity index (χ2n) is 4.34. The minimum atomic E-state index is -0.965. The summed E-state index contributed by atoms with van der Waals surface area (Å²) in [6.45, 7) is -0.0872. The van der Waals surface area contributed by atoms with Gasteiger partial charge in [0, 0.05) is 12.5 Å². The molecule has 0 aromatic rings. The van der Waals surface area contributed by atoms with Gasteiger partial charge < -0.3 is 16.2 Å². The number of hydrogen-bond acceptors (Lipinski definition) is 4. The number of ketones is 1. The fourth-order valence-corrected chi connectivity index (χ4v) is 2.08. The summed E-state index contributed by atoms with van der Waals surface area (Å²) >= 11 is 0. The van der Waals surface area contributed by atoms with Crippen molar-refractivity contribution in [2.24, 2.45) is 5.73 Å². The zero-order chi connectivity index (χ0) is 12.0. The van der Waals surface area contributed by atoms with Gasteiger partial charge in [0.25, 0.3) is 0 Å². The molecule has 1 rings (SSSR count). The Morgan fingerprint density at radius 1 is 1.31 bits per heavy atom. The van der Waals surface area contributed by atoms with Gasteiger partial charge in [0.15, 0.2) is 0 Å². The summed E-state index contributed by atoms with van der Waals surface area (Å²) in [5.41, 5.74) is 5.18. The molecule has 1 fully saturated rings. The van der Waals surface area contributed by atoms with Gasteiger partial charge in [-0.05, 0) is 12.8 Å². The van der Waals surface area contributed by atoms with E-state index >= 15 is 0 Å². The maximum Gasteiger partial charge on any atom is 0.321 e. The smallest absolute Gasteiger partial charge is 0.321 e. The Morgan fingerprint density at radius 3 is 2.44 bits per heavy atom. The summed E-state index contributed by atoms with van der Waals surface area (Å²) in [7, 11) is 0. The molecule has 0 aromatic heterocycles. The molecule has 0 heterocycles. The van der Waals surface area contributed by atoms with E-state index < -0.39 is 12.0 Å². The Balaban J connectivity index is 2.43. The standard InChI is InChI=1S/C11H20N2O3/c12-7-9(14)6-10(11(15)16)13-8-4-2-1-3-5-8/h8,10,13H,1-7,12H2,(H,15,16)/t10-/m1/s1. The average molecular weight is 228 g/mol. The maximum absolute atomic E-state index is 11.1. The van der Waals surface area contributed by atoms with E-state index in [9.17, 15) is 9.59 Å². The molecule has 1 atom stereocenters. The molecule has 0 aromatic carbocycles. The molecule has 0 spiro atoms. The fourth-order valence-electron chi connectivity index (χ4n) is 2.08. The molecule has 0 amide bonds. The van der Waals surface area contributed by atoms with Crippen molar-refractivity contribution in [2.75, 3.05) is 6.54 Å². The van der Waals surface area contributed by atoms with Gasteiger partial charge in [0.05, 0.1) is 6.54 Å². The summed E-state index contributed by atoms with van der Waals surface area (Å²) in [6.07, 6.45) is 5.48. The number of carbonyl (C=O) groups is 2. The van der Waals surface area contributed by atoms with E-state index in [4.69, 9.17) is 10.8 Å². The maximum atomic E-state index is 11.1. The van der Waals surface area contributed by atoms with Crippen LogP contribution in [-0.4, -0.2) is 35.5 Å². The minimum Gasteiger partial charge on any atom is -0.480 e. The highest BCUT2D eigenvalue weighted by Gasteiger charge is 2.24. The van der Waals surface area contributed by atoms with E-state index in [1.165, 1.54) is 6.42 Å². The lowest BCUT2D eigenvalue weighted by molar-refractivity contribution is -0.141. The third-order valence-electron chi connectivity index (χ3n) is 3.00. The van der Waals surface area contributed by atoms with Gasteiger partial charge in [0.1, 0.15) is 11.8 Å². The van der Waals surface area contributed by atoms with Crippen molar-refractivity contribution in [1.29, 1.82) is 0 Å². The molecule has 5 heteroatoms. The number of nitrogens with two attached hydrogens (primary N) is 1. The van der Waals surface area contributed by atoms with Gasteiger partial charge in [-0.1, -0.05) is 19.3 Å². The molecule has 4 N–H and O–H groups in total. The molecule has 0 bridgehead atoms. The summed E-state index contributed by atoms with van der Waals surface area (Å²) in [5, 5.41) is 12.0. The lowest BCUT2D eigenvalue weighted by Gasteiger charge is -2.26. The van der Waals surface area contributed by atoms with Gasteiger partial charge in [0.2, 0.25) is 0 Å². The zero-order valence-corrected chi connectivity index (χ0v) is 9.45. The molecule has 5 nitrogen and oxygen atoms in total. The fraction of sp³-hybridized carbons (Fsp3) is 0.818. The number of carboxylic acids is 1. The summed E-state index contributed by atoms with van der Waals surface area (Å²) < 4.78 is 0. The van der Waals surface area contributed by atoms with Gasteiger partial charge in [-0.25, -0.2) is 0 Å². The number of nitrogens with one attached hydrogen (secondary N) is 1. The highest BCUT2D eigenvalue weighted by atomic mass is 16.4. The van der Waals surface area contributed by atoms with Crippen LogP contribution in [0.25, 0.3) is 0 Å². The molecular weight excluding hydrogens is 208 g/mol. The van der Waals surface area contributed by atoms with Crippen LogP contribution < -0.4 is 11.1 Å². The van der Waals surface area contributed by atoms with Crippen LogP contribution in [0, 0.1) is 0 Å². The van der Waals surface area contributed by atoms with Crippen LogP contribution >= 0.6 is 0 Å². The van der Waals surface area contributed by atoms with Crippen LogP contribution in [0.4, 0.5) is 0 Å². The molecule has 1 aliphatic rings. The molecule has 0 aliphatic heterocycles. The van der Waals surface area contributed by atoms with Crippen LogP contribution in [0.1, 0.15) is 38.5 Å². The number of Topliss-reactive ketones (excluding diaryl/α,β-unsaturated/α-hetero) is 1. The van der Waals surface area contributed by atoms with E-state index in [0.29, 0.717) is 0 Å². The van der Waals surface area contributed by atoms with Crippen LogP contribution in [-0.2, 0) is 9.59 Å². The lowest BCUT2D eigenvalue weighted by atomic mass is 9.94. The van der Waals surface area contributed by atoms with Crippen LogP contribution in [0.3, 0.4) is 0 Å². The first kappa shape index (κ1) is 13.1. The number of carboxylic acid groups (broad SMARTS) is 1. The lowest BCUT2D eigenvalue weighted by Crippen LogP contribution is -2.45. The normalized spacial score (nSPS) is 19.3. The first-order chi connectivity index (χ1) is 7.63. The molecule has 0 radical (unpaired) electrons. The van der Waals surface area contributed by atoms with E-state index in [1.807, 2.05) is 0 Å². The summed E-state index contributed by atoms with van der Waals surface area (Å²) in [5.74, 6) is -1.18. The highest BCUT2D eigenvalue weighted by Crippen LogP contribution is 2.18. The third kappa shape index (κ3) is 4.28. The SMILES string of the molecule is NCC(=O)C[C@@H](NC1CCCCC1)C(=O)O. The quantitative estimate of drug-likeness (QED) is 0.607. The molecule has 0 unspecified atom stereocenters. The van der Waals surface area contributed by atoms with Gasteiger partial charge in [-0.2, -0.15) is 0 Å². The monoisotopic (exact) mass is 228 g/mol. The Kier molecular flexibility index (Phi) is 5.42. The minimum absolute atomic E-state index is 0.0116. The van der Waals surface area contributed by atoms with E-state index in [-0.39, 0.29) is 24.8 Å². The second-order valence-corrected chi connectivity index (χ2v) is 4.34. The number of aliphatic carboxylic acids is 1. The molecule has 1 saturated carbocycles. The predicted octanol–water partition coefficient (Wildman–Crippen LogP) is 0.280. The van der Waals surface area contributed by atoms with Crippen molar-refractivity contribution in [1.82, 2.24) is 5.32 Å². The van der Waals surface area contributed by atoms with Crippen molar-refractivity contribution in [3.05, 3.63) is 0 Å². The van der Waals surface area contributed by atoms with E-state index in [0.717, 1.165) is 25.7 Å². The topological polar surface area (TPSA) is 92.4 Å². The number of carbonyl (C=O) groups excluding carboxylic acids is 1. The van der Waals surface area contributed by atoms with Crippen molar-refractivity contribution >= 4 is 11.8 Å². The molecule has 92 valence electrons. The zero-order valence-electron chi connectivity index (χ0n) is 9.45. The van der Waals surface area contributed by atoms with Crippen molar-refractivity contribution < 1.29 is 14.7 Å². The summed E-state index contributed by atoms with van der Waals surface area (Å²) in [4.78, 5) is 22.1. The Hall–Kier alpha value is -0.940. The second kappa shape index (κ2) is 6.60. The Bertz CT molecular complexity index is 250. The predicted molar refractivity (Wildman–Crippen MR) is 60.1 cm³/mol. The molecular formula is C11H20N2O3. The van der Waals surface area contributed by atoms with Crippen LogP contribution in [0.15, 0.2) is 0 Å². The first-order valence-electron chi connectivity index (χ1n) is 5.84. The third-order valence-corrected chi connectivity index (χ3v) is 3.00. The number of hydrogen-bond donors (Lipinski definition) is 3. The van der Waals surface area contributed by atoms with Crippen LogP contribution in [0.5, 0.6) is 0 Å². The van der Waals surface area contributed by atoms with Crippen LogP contribution in [0.2, 0.25) is 0 Å². The largest absolute Gasteiger partial charge is 0.480 e. The van der Waals surface area contributed by atoms with Crippen molar-refractivity contribution in [2.45, 2.75) is 50.6 Å². The Morgan fingerprint density at radius 2 is 1.94 bits per heavy atom. The van der Waals surface area contributed by atoms with Crippen molar-refractivity contribution in [3.63, 3.8) is 0 Å². The Labute approximate surface area is 95.4 Å². The highest BCUT2D eigenvalue weighted by molar-refractivity contribution is 5.86. The van der Waals surface area contributed by atoms with Crippen molar-refractivity contribution in [3.8, 4) is 0 Å². The number of rotatable bonds is 6. The molecule has 16 heavy (non-hydrogen) atoms. The van der Waals surface area contributed by atoms with Gasteiger partial charge >= 0.3 is 5.97 Å². The van der Waals surface area contributed by atoms with Gasteiger partial charge in [-0.3, -0.25) is 9.59 Å². The summed E-state index contributed by atoms with van der Waals surface area (Å²) in [6, 6.07) is -0.542. The first-order valence-corrected chi connectivity index (χ1v) is 5.84. The van der Waals surface area contributed by atoms with E-state index in [1.54, 1.807) is 0 Å². The van der Waals surface area contributed by atoms with E-state index in [2.05, 4.69) is 5.32 Å². The van der Waals surface area contributed by atoms with Gasteiger partial charge in [-0.15, -0.1) is 0 Å².